The first-order valence-electron chi connectivity index (χ1n) is 6.50. The number of rotatable bonds is 5. The van der Waals surface area contributed by atoms with Crippen LogP contribution in [-0.2, 0) is 16.6 Å². The van der Waals surface area contributed by atoms with E-state index in [2.05, 4.69) is 9.62 Å². The van der Waals surface area contributed by atoms with E-state index in [1.807, 2.05) is 12.1 Å². The van der Waals surface area contributed by atoms with Crippen molar-refractivity contribution in [1.29, 1.82) is 0 Å². The third kappa shape index (κ3) is 3.54. The molecule has 0 aliphatic carbocycles. The molecule has 0 aromatic heterocycles. The van der Waals surface area contributed by atoms with Crippen molar-refractivity contribution in [3.8, 4) is 0 Å². The Balaban J connectivity index is 2.00. The SMILES string of the molecule is CNS(=O)(=O)c1ccc(CN2CCC(CN)C2)cc1. The van der Waals surface area contributed by atoms with Crippen molar-refractivity contribution in [2.45, 2.75) is 17.9 Å². The summed E-state index contributed by atoms with van der Waals surface area (Å²) in [5, 5.41) is 0. The van der Waals surface area contributed by atoms with Gasteiger partial charge in [-0.2, -0.15) is 0 Å². The van der Waals surface area contributed by atoms with E-state index in [9.17, 15) is 8.42 Å². The Morgan fingerprint density at radius 2 is 2.05 bits per heavy atom. The highest BCUT2D eigenvalue weighted by Gasteiger charge is 2.21. The van der Waals surface area contributed by atoms with E-state index in [1.165, 1.54) is 7.05 Å². The molecule has 1 fully saturated rings. The van der Waals surface area contributed by atoms with E-state index in [-0.39, 0.29) is 0 Å². The number of nitrogens with two attached hydrogens (primary N) is 1. The normalized spacial score (nSPS) is 20.8. The molecule has 0 saturated carbocycles. The fourth-order valence-electron chi connectivity index (χ4n) is 2.40. The minimum absolute atomic E-state index is 0.306. The Labute approximate surface area is 114 Å². The highest BCUT2D eigenvalue weighted by Crippen LogP contribution is 2.18. The second-order valence-electron chi connectivity index (χ2n) is 4.98. The molecule has 0 spiro atoms. The summed E-state index contributed by atoms with van der Waals surface area (Å²) >= 11 is 0. The Morgan fingerprint density at radius 1 is 1.37 bits per heavy atom. The smallest absolute Gasteiger partial charge is 0.240 e. The molecule has 0 radical (unpaired) electrons. The Morgan fingerprint density at radius 3 is 2.58 bits per heavy atom. The highest BCUT2D eigenvalue weighted by atomic mass is 32.2. The maximum atomic E-state index is 11.6. The highest BCUT2D eigenvalue weighted by molar-refractivity contribution is 7.89. The first kappa shape index (κ1) is 14.5. The molecule has 1 aromatic carbocycles. The quantitative estimate of drug-likeness (QED) is 0.819. The van der Waals surface area contributed by atoms with Crippen molar-refractivity contribution in [2.75, 3.05) is 26.7 Å². The van der Waals surface area contributed by atoms with Gasteiger partial charge in [-0.3, -0.25) is 4.90 Å². The summed E-state index contributed by atoms with van der Waals surface area (Å²) in [6.45, 7) is 3.71. The first-order valence-corrected chi connectivity index (χ1v) is 7.98. The fourth-order valence-corrected chi connectivity index (χ4v) is 3.13. The molecule has 6 heteroatoms. The van der Waals surface area contributed by atoms with Gasteiger partial charge in [0.05, 0.1) is 4.90 Å². The van der Waals surface area contributed by atoms with Crippen LogP contribution in [0.3, 0.4) is 0 Å². The third-order valence-corrected chi connectivity index (χ3v) is 5.04. The van der Waals surface area contributed by atoms with Crippen LogP contribution in [-0.4, -0.2) is 40.0 Å². The molecule has 5 nitrogen and oxygen atoms in total. The fraction of sp³-hybridized carbons (Fsp3) is 0.538. The van der Waals surface area contributed by atoms with E-state index >= 15 is 0 Å². The molecule has 3 N–H and O–H groups in total. The van der Waals surface area contributed by atoms with Gasteiger partial charge in [0.15, 0.2) is 0 Å². The Bertz CT molecular complexity index is 513. The molecule has 106 valence electrons. The predicted octanol–water partition coefficient (Wildman–Crippen LogP) is 0.375. The zero-order chi connectivity index (χ0) is 13.9. The summed E-state index contributed by atoms with van der Waals surface area (Å²) in [4.78, 5) is 2.67. The standard InChI is InChI=1S/C13H21N3O2S/c1-15-19(17,18)13-4-2-11(3-5-13)9-16-7-6-12(8-14)10-16/h2-5,12,15H,6-10,14H2,1H3. The van der Waals surface area contributed by atoms with Crippen LogP contribution in [0.15, 0.2) is 29.2 Å². The minimum atomic E-state index is -3.34. The van der Waals surface area contributed by atoms with Gasteiger partial charge < -0.3 is 5.73 Å². The van der Waals surface area contributed by atoms with Crippen molar-refractivity contribution in [1.82, 2.24) is 9.62 Å². The Kier molecular flexibility index (Phi) is 4.57. The average Bonchev–Trinajstić information content (AvgIpc) is 2.87. The first-order chi connectivity index (χ1) is 9.05. The monoisotopic (exact) mass is 283 g/mol. The maximum Gasteiger partial charge on any atom is 0.240 e. The second-order valence-corrected chi connectivity index (χ2v) is 6.86. The van der Waals surface area contributed by atoms with Gasteiger partial charge in [-0.05, 0) is 50.2 Å². The van der Waals surface area contributed by atoms with Crippen LogP contribution in [0.25, 0.3) is 0 Å². The van der Waals surface area contributed by atoms with Crippen LogP contribution in [0.2, 0.25) is 0 Å². The number of hydrogen-bond acceptors (Lipinski definition) is 4. The minimum Gasteiger partial charge on any atom is -0.330 e. The van der Waals surface area contributed by atoms with Gasteiger partial charge in [-0.15, -0.1) is 0 Å². The number of hydrogen-bond donors (Lipinski definition) is 2. The lowest BCUT2D eigenvalue weighted by molar-refractivity contribution is 0.318. The van der Waals surface area contributed by atoms with E-state index in [1.54, 1.807) is 12.1 Å². The van der Waals surface area contributed by atoms with Gasteiger partial charge in [0, 0.05) is 13.1 Å². The van der Waals surface area contributed by atoms with Crippen molar-refractivity contribution >= 4 is 10.0 Å². The molecule has 1 unspecified atom stereocenters. The molecule has 1 aliphatic rings. The summed E-state index contributed by atoms with van der Waals surface area (Å²) < 4.78 is 25.5. The second kappa shape index (κ2) is 6.00. The lowest BCUT2D eigenvalue weighted by atomic mass is 10.1. The number of benzene rings is 1. The zero-order valence-electron chi connectivity index (χ0n) is 11.2. The van der Waals surface area contributed by atoms with Crippen LogP contribution < -0.4 is 10.5 Å². The van der Waals surface area contributed by atoms with Gasteiger partial charge in [0.25, 0.3) is 0 Å². The summed E-state index contributed by atoms with van der Waals surface area (Å²) in [5.41, 5.74) is 6.80. The zero-order valence-corrected chi connectivity index (χ0v) is 12.0. The summed E-state index contributed by atoms with van der Waals surface area (Å²) in [6.07, 6.45) is 1.16. The lowest BCUT2D eigenvalue weighted by Crippen LogP contribution is -2.23. The Hall–Kier alpha value is -0.950. The molecule has 0 bridgehead atoms. The molecular weight excluding hydrogens is 262 g/mol. The molecule has 1 saturated heterocycles. The predicted molar refractivity (Wildman–Crippen MR) is 75.1 cm³/mol. The maximum absolute atomic E-state index is 11.6. The van der Waals surface area contributed by atoms with Crippen LogP contribution >= 0.6 is 0 Å². The largest absolute Gasteiger partial charge is 0.330 e. The lowest BCUT2D eigenvalue weighted by Gasteiger charge is -2.15. The molecule has 19 heavy (non-hydrogen) atoms. The topological polar surface area (TPSA) is 75.4 Å². The molecule has 1 heterocycles. The average molecular weight is 283 g/mol. The van der Waals surface area contributed by atoms with E-state index in [0.717, 1.165) is 38.2 Å². The van der Waals surface area contributed by atoms with Gasteiger partial charge in [0.2, 0.25) is 10.0 Å². The molecule has 1 aliphatic heterocycles. The van der Waals surface area contributed by atoms with E-state index in [4.69, 9.17) is 5.73 Å². The number of nitrogens with one attached hydrogen (secondary N) is 1. The molecule has 1 atom stereocenters. The number of sulfonamides is 1. The summed E-state index contributed by atoms with van der Waals surface area (Å²) in [7, 11) is -1.92. The number of likely N-dealkylation sites (tertiary alicyclic amines) is 1. The van der Waals surface area contributed by atoms with Gasteiger partial charge >= 0.3 is 0 Å². The number of nitrogens with zero attached hydrogens (tertiary/aromatic N) is 1. The molecule has 1 aromatic rings. The van der Waals surface area contributed by atoms with Gasteiger partial charge in [-0.1, -0.05) is 12.1 Å². The summed E-state index contributed by atoms with van der Waals surface area (Å²) in [5.74, 6) is 0.601. The van der Waals surface area contributed by atoms with Crippen molar-refractivity contribution in [3.63, 3.8) is 0 Å². The van der Waals surface area contributed by atoms with Crippen molar-refractivity contribution < 1.29 is 8.42 Å². The third-order valence-electron chi connectivity index (χ3n) is 3.61. The van der Waals surface area contributed by atoms with E-state index in [0.29, 0.717) is 10.8 Å². The van der Waals surface area contributed by atoms with Crippen LogP contribution in [0.1, 0.15) is 12.0 Å². The van der Waals surface area contributed by atoms with Crippen molar-refractivity contribution in [2.24, 2.45) is 11.7 Å². The molecule has 2 rings (SSSR count). The van der Waals surface area contributed by atoms with Crippen LogP contribution in [0.4, 0.5) is 0 Å². The summed E-state index contributed by atoms with van der Waals surface area (Å²) in [6, 6.07) is 7.05. The molecular formula is C13H21N3O2S. The van der Waals surface area contributed by atoms with Gasteiger partial charge in [-0.25, -0.2) is 13.1 Å². The van der Waals surface area contributed by atoms with Crippen LogP contribution in [0.5, 0.6) is 0 Å². The van der Waals surface area contributed by atoms with Crippen LogP contribution in [0, 0.1) is 5.92 Å². The van der Waals surface area contributed by atoms with Gasteiger partial charge in [0.1, 0.15) is 0 Å². The van der Waals surface area contributed by atoms with E-state index < -0.39 is 10.0 Å². The molecule has 0 amide bonds. The van der Waals surface area contributed by atoms with Crippen molar-refractivity contribution in [3.05, 3.63) is 29.8 Å².